The second-order valence-corrected chi connectivity index (χ2v) is 4.32. The molecule has 1 N–H and O–H groups in total. The predicted molar refractivity (Wildman–Crippen MR) is 69.1 cm³/mol. The van der Waals surface area contributed by atoms with Crippen molar-refractivity contribution in [3.05, 3.63) is 53.3 Å². The van der Waals surface area contributed by atoms with Gasteiger partial charge in [0.25, 0.3) is 0 Å². The molecule has 3 rings (SSSR count). The second kappa shape index (κ2) is 3.76. The number of rotatable bonds is 1. The SMILES string of the molecule is S=c1[nH]c2ccccc2n1C1C=CC=CC1. The lowest BCUT2D eigenvalue weighted by atomic mass is 10.1. The van der Waals surface area contributed by atoms with Gasteiger partial charge >= 0.3 is 0 Å². The van der Waals surface area contributed by atoms with E-state index in [0.29, 0.717) is 6.04 Å². The zero-order valence-corrected chi connectivity index (χ0v) is 9.58. The summed E-state index contributed by atoms with van der Waals surface area (Å²) >= 11 is 5.38. The molecule has 1 aromatic carbocycles. The molecule has 0 saturated heterocycles. The fraction of sp³-hybridized carbons (Fsp3) is 0.154. The molecular weight excluding hydrogens is 216 g/mol. The van der Waals surface area contributed by atoms with Crippen LogP contribution in [0, 0.1) is 4.77 Å². The van der Waals surface area contributed by atoms with Gasteiger partial charge in [-0.05, 0) is 30.8 Å². The van der Waals surface area contributed by atoms with Crippen molar-refractivity contribution in [2.24, 2.45) is 0 Å². The predicted octanol–water partition coefficient (Wildman–Crippen LogP) is 3.76. The molecule has 1 aliphatic rings. The van der Waals surface area contributed by atoms with E-state index in [0.717, 1.165) is 16.7 Å². The zero-order valence-electron chi connectivity index (χ0n) is 8.76. The average molecular weight is 228 g/mol. The van der Waals surface area contributed by atoms with Crippen LogP contribution >= 0.6 is 12.2 Å². The van der Waals surface area contributed by atoms with Crippen LogP contribution in [0.5, 0.6) is 0 Å². The maximum atomic E-state index is 5.38. The first kappa shape index (κ1) is 9.60. The fourth-order valence-corrected chi connectivity index (χ4v) is 2.51. The Labute approximate surface area is 98.9 Å². The number of fused-ring (bicyclic) bond motifs is 1. The summed E-state index contributed by atoms with van der Waals surface area (Å²) in [6.45, 7) is 0. The van der Waals surface area contributed by atoms with E-state index in [1.54, 1.807) is 0 Å². The topological polar surface area (TPSA) is 20.7 Å². The zero-order chi connectivity index (χ0) is 11.0. The molecular formula is C13H12N2S. The number of allylic oxidation sites excluding steroid dienone is 4. The van der Waals surface area contributed by atoms with Gasteiger partial charge in [-0.2, -0.15) is 0 Å². The summed E-state index contributed by atoms with van der Waals surface area (Å²) in [6.07, 6.45) is 9.53. The van der Waals surface area contributed by atoms with Crippen LogP contribution in [0.15, 0.2) is 48.6 Å². The first-order valence-electron chi connectivity index (χ1n) is 5.39. The smallest absolute Gasteiger partial charge is 0.178 e. The number of aromatic amines is 1. The lowest BCUT2D eigenvalue weighted by molar-refractivity contribution is 0.617. The summed E-state index contributed by atoms with van der Waals surface area (Å²) in [6, 6.07) is 8.57. The van der Waals surface area contributed by atoms with Gasteiger partial charge in [-0.25, -0.2) is 0 Å². The molecule has 1 aliphatic carbocycles. The summed E-state index contributed by atoms with van der Waals surface area (Å²) < 4.78 is 2.98. The van der Waals surface area contributed by atoms with Crippen LogP contribution in [-0.4, -0.2) is 9.55 Å². The molecule has 1 heterocycles. The van der Waals surface area contributed by atoms with Crippen molar-refractivity contribution in [3.8, 4) is 0 Å². The minimum Gasteiger partial charge on any atom is -0.331 e. The molecule has 80 valence electrons. The number of benzene rings is 1. The highest BCUT2D eigenvalue weighted by molar-refractivity contribution is 7.71. The van der Waals surface area contributed by atoms with E-state index in [4.69, 9.17) is 12.2 Å². The van der Waals surface area contributed by atoms with Gasteiger partial charge in [-0.3, -0.25) is 0 Å². The van der Waals surface area contributed by atoms with Crippen LogP contribution in [0.3, 0.4) is 0 Å². The molecule has 1 aromatic heterocycles. The maximum Gasteiger partial charge on any atom is 0.178 e. The molecule has 16 heavy (non-hydrogen) atoms. The summed E-state index contributed by atoms with van der Waals surface area (Å²) in [5.74, 6) is 0. The van der Waals surface area contributed by atoms with Crippen molar-refractivity contribution in [3.63, 3.8) is 0 Å². The lowest BCUT2D eigenvalue weighted by Gasteiger charge is -2.15. The van der Waals surface area contributed by atoms with Crippen molar-refractivity contribution in [2.75, 3.05) is 0 Å². The number of hydrogen-bond donors (Lipinski definition) is 1. The quantitative estimate of drug-likeness (QED) is 0.737. The Morgan fingerprint density at radius 3 is 2.94 bits per heavy atom. The number of para-hydroxylation sites is 2. The highest BCUT2D eigenvalue weighted by atomic mass is 32.1. The molecule has 2 nitrogen and oxygen atoms in total. The van der Waals surface area contributed by atoms with Gasteiger partial charge in [-0.15, -0.1) is 0 Å². The molecule has 0 bridgehead atoms. The third-order valence-electron chi connectivity index (χ3n) is 2.91. The fourth-order valence-electron chi connectivity index (χ4n) is 2.16. The van der Waals surface area contributed by atoms with Crippen LogP contribution in [-0.2, 0) is 0 Å². The van der Waals surface area contributed by atoms with E-state index in [2.05, 4.69) is 46.0 Å². The number of hydrogen-bond acceptors (Lipinski definition) is 1. The van der Waals surface area contributed by atoms with Crippen molar-refractivity contribution >= 4 is 23.3 Å². The van der Waals surface area contributed by atoms with Crippen molar-refractivity contribution < 1.29 is 0 Å². The average Bonchev–Trinajstić information content (AvgIpc) is 2.66. The van der Waals surface area contributed by atoms with Crippen molar-refractivity contribution in [2.45, 2.75) is 12.5 Å². The number of aromatic nitrogens is 2. The van der Waals surface area contributed by atoms with Crippen LogP contribution in [0.4, 0.5) is 0 Å². The molecule has 1 unspecified atom stereocenters. The third kappa shape index (κ3) is 1.44. The Kier molecular flexibility index (Phi) is 2.26. The number of imidazole rings is 1. The lowest BCUT2D eigenvalue weighted by Crippen LogP contribution is -2.06. The Hall–Kier alpha value is -1.61. The van der Waals surface area contributed by atoms with Crippen molar-refractivity contribution in [1.29, 1.82) is 0 Å². The first-order valence-corrected chi connectivity index (χ1v) is 5.79. The third-order valence-corrected chi connectivity index (χ3v) is 3.21. The van der Waals surface area contributed by atoms with E-state index in [1.165, 1.54) is 5.52 Å². The largest absolute Gasteiger partial charge is 0.331 e. The molecule has 0 aliphatic heterocycles. The van der Waals surface area contributed by atoms with Gasteiger partial charge in [0, 0.05) is 0 Å². The van der Waals surface area contributed by atoms with E-state index >= 15 is 0 Å². The van der Waals surface area contributed by atoms with Gasteiger partial charge in [-0.1, -0.05) is 36.4 Å². The highest BCUT2D eigenvalue weighted by Crippen LogP contribution is 2.24. The van der Waals surface area contributed by atoms with Gasteiger partial charge in [0.15, 0.2) is 4.77 Å². The minimum atomic E-state index is 0.341. The van der Waals surface area contributed by atoms with Crippen molar-refractivity contribution in [1.82, 2.24) is 9.55 Å². The molecule has 1 atom stereocenters. The Morgan fingerprint density at radius 2 is 2.12 bits per heavy atom. The van der Waals surface area contributed by atoms with E-state index in [-0.39, 0.29) is 0 Å². The summed E-state index contributed by atoms with van der Waals surface area (Å²) in [4.78, 5) is 3.24. The molecule has 0 spiro atoms. The molecule has 0 fully saturated rings. The molecule has 2 aromatic rings. The molecule has 3 heteroatoms. The summed E-state index contributed by atoms with van der Waals surface area (Å²) in [5.41, 5.74) is 2.29. The van der Waals surface area contributed by atoms with Crippen LogP contribution < -0.4 is 0 Å². The van der Waals surface area contributed by atoms with E-state index < -0.39 is 0 Å². The molecule has 0 amide bonds. The summed E-state index contributed by atoms with van der Waals surface area (Å²) in [5, 5.41) is 0. The normalized spacial score (nSPS) is 19.4. The second-order valence-electron chi connectivity index (χ2n) is 3.93. The summed E-state index contributed by atoms with van der Waals surface area (Å²) in [7, 11) is 0. The molecule has 0 saturated carbocycles. The van der Waals surface area contributed by atoms with Gasteiger partial charge < -0.3 is 9.55 Å². The van der Waals surface area contributed by atoms with Crippen LogP contribution in [0.1, 0.15) is 12.5 Å². The Balaban J connectivity index is 2.22. The minimum absolute atomic E-state index is 0.341. The van der Waals surface area contributed by atoms with Gasteiger partial charge in [0.05, 0.1) is 17.1 Å². The van der Waals surface area contributed by atoms with E-state index in [9.17, 15) is 0 Å². The Morgan fingerprint density at radius 1 is 1.25 bits per heavy atom. The number of nitrogens with one attached hydrogen (secondary N) is 1. The maximum absolute atomic E-state index is 5.38. The molecule has 0 radical (unpaired) electrons. The standard InChI is InChI=1S/C13H12N2S/c16-13-14-11-8-4-5-9-12(11)15(13)10-6-2-1-3-7-10/h1-6,8-10H,7H2,(H,14,16). The first-order chi connectivity index (χ1) is 7.86. The number of H-pyrrole nitrogens is 1. The monoisotopic (exact) mass is 228 g/mol. The number of nitrogens with zero attached hydrogens (tertiary/aromatic N) is 1. The van der Waals surface area contributed by atoms with Gasteiger partial charge in [0.1, 0.15) is 0 Å². The van der Waals surface area contributed by atoms with Crippen LogP contribution in [0.25, 0.3) is 11.0 Å². The Bertz CT molecular complexity index is 631. The van der Waals surface area contributed by atoms with Gasteiger partial charge in [0.2, 0.25) is 0 Å². The highest BCUT2D eigenvalue weighted by Gasteiger charge is 2.12. The van der Waals surface area contributed by atoms with Crippen LogP contribution in [0.2, 0.25) is 0 Å². The van der Waals surface area contributed by atoms with E-state index in [1.807, 2.05) is 12.1 Å².